The molecule has 0 aromatic heterocycles. The number of hydrogen-bond acceptors (Lipinski definition) is 4. The topological polar surface area (TPSA) is 143 Å². The second-order valence-electron chi connectivity index (χ2n) is 5.95. The molecule has 0 saturated heterocycles. The molecule has 0 aliphatic rings. The Morgan fingerprint density at radius 1 is 0.862 bits per heavy atom. The van der Waals surface area contributed by atoms with Crippen molar-refractivity contribution >= 4 is 33.2 Å². The molecule has 0 spiro atoms. The number of para-hydroxylation sites is 2. The predicted molar refractivity (Wildman–Crippen MR) is 114 cm³/mol. The summed E-state index contributed by atoms with van der Waals surface area (Å²) in [6.45, 7) is 0. The molecular weight excluding hydrogens is 390 g/mol. The maximum atomic E-state index is 12.1. The van der Waals surface area contributed by atoms with Gasteiger partial charge in [0.25, 0.3) is 10.0 Å². The Kier molecular flexibility index (Phi) is 5.79. The molecule has 0 radical (unpaired) electrons. The van der Waals surface area contributed by atoms with Gasteiger partial charge in [-0.1, -0.05) is 30.3 Å². The highest BCUT2D eigenvalue weighted by atomic mass is 32.2. The number of anilines is 1. The molecule has 0 bridgehead atoms. The van der Waals surface area contributed by atoms with Gasteiger partial charge in [0.2, 0.25) is 5.96 Å². The third kappa shape index (κ3) is 5.11. The van der Waals surface area contributed by atoms with Gasteiger partial charge in [0.05, 0.1) is 16.1 Å². The number of aromatic hydroxyl groups is 1. The number of aliphatic imine (C=N–C) groups is 1. The fourth-order valence-electron chi connectivity index (χ4n) is 2.50. The van der Waals surface area contributed by atoms with Crippen molar-refractivity contribution in [3.05, 3.63) is 84.4 Å². The minimum atomic E-state index is -3.98. The lowest BCUT2D eigenvalue weighted by molar-refractivity contribution is 0.474. The Morgan fingerprint density at radius 2 is 1.48 bits per heavy atom. The summed E-state index contributed by atoms with van der Waals surface area (Å²) < 4.78 is 27.4. The van der Waals surface area contributed by atoms with Gasteiger partial charge in [0.1, 0.15) is 11.6 Å². The number of nitrogens with one attached hydrogen (secondary N) is 1. The monoisotopic (exact) mass is 409 g/mol. The van der Waals surface area contributed by atoms with Crippen molar-refractivity contribution in [1.82, 2.24) is 0 Å². The number of phenols is 1. The van der Waals surface area contributed by atoms with Gasteiger partial charge in [0, 0.05) is 5.69 Å². The first-order valence-electron chi connectivity index (χ1n) is 8.50. The van der Waals surface area contributed by atoms with Gasteiger partial charge < -0.3 is 21.9 Å². The number of sulfonamides is 1. The standard InChI is InChI=1S/C20H19N5O3S/c21-20(22)25-29(27,28)16-12-10-15(11-13-16)24-19(17-8-4-5-9-18(17)26)23-14-6-2-1-3-7-14/h1-13,26H,(H,23,24)(H4,21,22,25). The molecule has 0 atom stereocenters. The minimum absolute atomic E-state index is 0.0571. The Balaban J connectivity index is 2.00. The van der Waals surface area contributed by atoms with Crippen LogP contribution >= 0.6 is 0 Å². The molecule has 0 heterocycles. The van der Waals surface area contributed by atoms with Crippen LogP contribution in [0.2, 0.25) is 0 Å². The maximum Gasteiger partial charge on any atom is 0.285 e. The third-order valence-electron chi connectivity index (χ3n) is 3.80. The smallest absolute Gasteiger partial charge is 0.285 e. The predicted octanol–water partition coefficient (Wildman–Crippen LogP) is 2.54. The lowest BCUT2D eigenvalue weighted by Gasteiger charge is -2.12. The number of nitrogens with two attached hydrogens (primary N) is 2. The Hall–Kier alpha value is -3.85. The molecule has 3 rings (SSSR count). The van der Waals surface area contributed by atoms with Crippen molar-refractivity contribution in [1.29, 1.82) is 0 Å². The largest absolute Gasteiger partial charge is 0.507 e. The third-order valence-corrected chi connectivity index (χ3v) is 5.12. The Morgan fingerprint density at radius 3 is 2.10 bits per heavy atom. The van der Waals surface area contributed by atoms with Crippen LogP contribution in [0.15, 0.2) is 93.1 Å². The average Bonchev–Trinajstić information content (AvgIpc) is 2.68. The number of rotatable bonds is 5. The van der Waals surface area contributed by atoms with Gasteiger partial charge >= 0.3 is 0 Å². The van der Waals surface area contributed by atoms with Crippen LogP contribution in [0.3, 0.4) is 0 Å². The molecule has 3 aromatic carbocycles. The number of phenolic OH excluding ortho intramolecular Hbond substituents is 1. The van der Waals surface area contributed by atoms with Crippen LogP contribution < -0.4 is 16.8 Å². The number of benzene rings is 3. The quantitative estimate of drug-likeness (QED) is 0.377. The van der Waals surface area contributed by atoms with Crippen LogP contribution in [0.1, 0.15) is 5.56 Å². The van der Waals surface area contributed by atoms with E-state index in [1.807, 2.05) is 30.3 Å². The lowest BCUT2D eigenvalue weighted by atomic mass is 10.1. The van der Waals surface area contributed by atoms with Gasteiger partial charge in [-0.3, -0.25) is 0 Å². The van der Waals surface area contributed by atoms with Crippen molar-refractivity contribution in [2.24, 2.45) is 20.9 Å². The number of guanidine groups is 1. The summed E-state index contributed by atoms with van der Waals surface area (Å²) >= 11 is 0. The lowest BCUT2D eigenvalue weighted by Crippen LogP contribution is -2.24. The van der Waals surface area contributed by atoms with E-state index in [4.69, 9.17) is 11.5 Å². The van der Waals surface area contributed by atoms with Gasteiger partial charge in [-0.05, 0) is 48.5 Å². The highest BCUT2D eigenvalue weighted by molar-refractivity contribution is 7.90. The van der Waals surface area contributed by atoms with Crippen molar-refractivity contribution in [3.8, 4) is 5.75 Å². The van der Waals surface area contributed by atoms with E-state index in [0.29, 0.717) is 17.1 Å². The Labute approximate surface area is 168 Å². The first-order chi connectivity index (χ1) is 13.8. The normalized spacial score (nSPS) is 11.7. The molecule has 8 nitrogen and oxygen atoms in total. The van der Waals surface area contributed by atoms with Crippen molar-refractivity contribution in [2.75, 3.05) is 5.32 Å². The van der Waals surface area contributed by atoms with E-state index in [2.05, 4.69) is 14.7 Å². The van der Waals surface area contributed by atoms with Crippen molar-refractivity contribution in [2.45, 2.75) is 4.90 Å². The summed E-state index contributed by atoms with van der Waals surface area (Å²) in [7, 11) is -3.98. The van der Waals surface area contributed by atoms with E-state index in [9.17, 15) is 13.5 Å². The van der Waals surface area contributed by atoms with Crippen LogP contribution in [0.5, 0.6) is 5.75 Å². The van der Waals surface area contributed by atoms with Crippen LogP contribution in [0, 0.1) is 0 Å². The molecule has 0 unspecified atom stereocenters. The summed E-state index contributed by atoms with van der Waals surface area (Å²) in [6, 6.07) is 21.9. The molecule has 29 heavy (non-hydrogen) atoms. The van der Waals surface area contributed by atoms with Gasteiger partial charge in [0.15, 0.2) is 0 Å². The zero-order valence-electron chi connectivity index (χ0n) is 15.2. The fraction of sp³-hybridized carbons (Fsp3) is 0. The molecule has 6 N–H and O–H groups in total. The number of hydrogen-bond donors (Lipinski definition) is 4. The molecule has 0 aliphatic heterocycles. The SMILES string of the molecule is NC(N)=NS(=O)(=O)c1ccc(N=C(Nc2ccccc2)c2ccccc2O)cc1. The van der Waals surface area contributed by atoms with Crippen LogP contribution in [-0.2, 0) is 10.0 Å². The number of amidine groups is 1. The molecule has 0 fully saturated rings. The molecule has 0 aliphatic carbocycles. The minimum Gasteiger partial charge on any atom is -0.507 e. The van der Waals surface area contributed by atoms with Crippen molar-refractivity contribution < 1.29 is 13.5 Å². The zero-order chi connectivity index (χ0) is 20.9. The zero-order valence-corrected chi connectivity index (χ0v) is 16.0. The second-order valence-corrected chi connectivity index (χ2v) is 7.56. The van der Waals surface area contributed by atoms with E-state index >= 15 is 0 Å². The second kappa shape index (κ2) is 8.44. The first-order valence-corrected chi connectivity index (χ1v) is 9.94. The molecule has 9 heteroatoms. The van der Waals surface area contributed by atoms with Gasteiger partial charge in [-0.15, -0.1) is 4.40 Å². The first kappa shape index (κ1) is 19.9. The summed E-state index contributed by atoms with van der Waals surface area (Å²) in [5.74, 6) is -0.0863. The molecule has 0 saturated carbocycles. The number of nitrogens with zero attached hydrogens (tertiary/aromatic N) is 2. The molecule has 3 aromatic rings. The summed E-state index contributed by atoms with van der Waals surface area (Å²) in [6.07, 6.45) is 0. The molecule has 148 valence electrons. The van der Waals surface area contributed by atoms with E-state index < -0.39 is 16.0 Å². The van der Waals surface area contributed by atoms with E-state index in [-0.39, 0.29) is 10.6 Å². The van der Waals surface area contributed by atoms with E-state index in [1.54, 1.807) is 24.3 Å². The Bertz CT molecular complexity index is 1150. The van der Waals surface area contributed by atoms with Crippen LogP contribution in [-0.4, -0.2) is 25.3 Å². The van der Waals surface area contributed by atoms with Gasteiger partial charge in [-0.25, -0.2) is 4.99 Å². The summed E-state index contributed by atoms with van der Waals surface area (Å²) in [4.78, 5) is 4.47. The molecular formula is C20H19N5O3S. The van der Waals surface area contributed by atoms with E-state index in [0.717, 1.165) is 5.69 Å². The van der Waals surface area contributed by atoms with Crippen LogP contribution in [0.25, 0.3) is 0 Å². The average molecular weight is 409 g/mol. The maximum absolute atomic E-state index is 12.1. The molecule has 0 amide bonds. The highest BCUT2D eigenvalue weighted by Gasteiger charge is 2.14. The van der Waals surface area contributed by atoms with Crippen molar-refractivity contribution in [3.63, 3.8) is 0 Å². The highest BCUT2D eigenvalue weighted by Crippen LogP contribution is 2.23. The fourth-order valence-corrected chi connectivity index (χ4v) is 3.36. The van der Waals surface area contributed by atoms with Gasteiger partial charge in [-0.2, -0.15) is 8.42 Å². The summed E-state index contributed by atoms with van der Waals surface area (Å²) in [5, 5.41) is 13.4. The summed E-state index contributed by atoms with van der Waals surface area (Å²) in [5.41, 5.74) is 12.1. The van der Waals surface area contributed by atoms with E-state index in [1.165, 1.54) is 24.3 Å². The van der Waals surface area contributed by atoms with Crippen LogP contribution in [0.4, 0.5) is 11.4 Å².